The summed E-state index contributed by atoms with van der Waals surface area (Å²) in [5, 5.41) is 13.8. The lowest BCUT2D eigenvalue weighted by atomic mass is 9.98. The second-order valence-corrected chi connectivity index (χ2v) is 7.21. The van der Waals surface area contributed by atoms with E-state index in [2.05, 4.69) is 10.1 Å². The molecule has 3 rings (SSSR count). The second-order valence-electron chi connectivity index (χ2n) is 7.21. The van der Waals surface area contributed by atoms with Crippen molar-refractivity contribution in [1.82, 2.24) is 15.0 Å². The van der Waals surface area contributed by atoms with Gasteiger partial charge in [0.2, 0.25) is 5.91 Å². The zero-order valence-corrected chi connectivity index (χ0v) is 14.8. The molecule has 0 radical (unpaired) electrons. The number of piperidine rings is 2. The average molecular weight is 335 g/mol. The Kier molecular flexibility index (Phi) is 5.56. The lowest BCUT2D eigenvalue weighted by molar-refractivity contribution is -0.133. The number of likely N-dealkylation sites (tertiary alicyclic amines) is 2. The highest BCUT2D eigenvalue weighted by Crippen LogP contribution is 2.22. The molecule has 1 amide bonds. The molecule has 24 heavy (non-hydrogen) atoms. The van der Waals surface area contributed by atoms with Crippen molar-refractivity contribution in [2.75, 3.05) is 26.2 Å². The Morgan fingerprint density at radius 3 is 2.62 bits per heavy atom. The lowest BCUT2D eigenvalue weighted by Gasteiger charge is -2.41. The van der Waals surface area contributed by atoms with Gasteiger partial charge in [0.1, 0.15) is 5.76 Å². The molecule has 0 saturated carbocycles. The van der Waals surface area contributed by atoms with Gasteiger partial charge in [0, 0.05) is 37.7 Å². The molecule has 1 unspecified atom stereocenters. The Balaban J connectivity index is 1.45. The number of aliphatic hydroxyl groups excluding tert-OH is 1. The Morgan fingerprint density at radius 1 is 1.25 bits per heavy atom. The van der Waals surface area contributed by atoms with Crippen molar-refractivity contribution < 1.29 is 14.4 Å². The topological polar surface area (TPSA) is 69.8 Å². The molecule has 6 heteroatoms. The fourth-order valence-corrected chi connectivity index (χ4v) is 4.04. The Labute approximate surface area is 143 Å². The molecule has 6 nitrogen and oxygen atoms in total. The van der Waals surface area contributed by atoms with Crippen molar-refractivity contribution in [3.05, 3.63) is 17.0 Å². The molecule has 3 heterocycles. The van der Waals surface area contributed by atoms with Crippen LogP contribution in [0.15, 0.2) is 4.52 Å². The van der Waals surface area contributed by atoms with Crippen LogP contribution < -0.4 is 0 Å². The molecule has 1 aromatic rings. The molecule has 2 fully saturated rings. The van der Waals surface area contributed by atoms with E-state index in [4.69, 9.17) is 4.52 Å². The number of aliphatic hydroxyl groups is 1. The first-order chi connectivity index (χ1) is 11.5. The summed E-state index contributed by atoms with van der Waals surface area (Å²) in [6, 6.07) is 0.520. The summed E-state index contributed by atoms with van der Waals surface area (Å²) < 4.78 is 5.16. The van der Waals surface area contributed by atoms with Gasteiger partial charge < -0.3 is 14.5 Å². The van der Waals surface area contributed by atoms with Crippen molar-refractivity contribution in [2.45, 2.75) is 64.5 Å². The number of hydrogen-bond acceptors (Lipinski definition) is 5. The molecular formula is C18H29N3O3. The molecular weight excluding hydrogens is 306 g/mol. The van der Waals surface area contributed by atoms with E-state index < -0.39 is 0 Å². The molecule has 134 valence electrons. The van der Waals surface area contributed by atoms with Crippen LogP contribution in [0, 0.1) is 13.8 Å². The van der Waals surface area contributed by atoms with E-state index in [1.165, 1.54) is 0 Å². The number of amides is 1. The summed E-state index contributed by atoms with van der Waals surface area (Å²) in [7, 11) is 0. The third-order valence-corrected chi connectivity index (χ3v) is 5.53. The van der Waals surface area contributed by atoms with E-state index in [1.807, 2.05) is 18.7 Å². The van der Waals surface area contributed by atoms with Crippen molar-refractivity contribution in [2.24, 2.45) is 0 Å². The SMILES string of the molecule is Cc1noc(C)c1CCC(=O)N1CCC(N2CCCC(O)C2)CC1. The third-order valence-electron chi connectivity index (χ3n) is 5.53. The number of aromatic nitrogens is 1. The molecule has 0 aromatic carbocycles. The lowest BCUT2D eigenvalue weighted by Crippen LogP contribution is -2.50. The minimum Gasteiger partial charge on any atom is -0.392 e. The second kappa shape index (κ2) is 7.66. The number of hydrogen-bond donors (Lipinski definition) is 1. The summed E-state index contributed by atoms with van der Waals surface area (Å²) in [5.74, 6) is 1.05. The highest BCUT2D eigenvalue weighted by Gasteiger charge is 2.29. The number of rotatable bonds is 4. The van der Waals surface area contributed by atoms with Gasteiger partial charge in [-0.05, 0) is 52.5 Å². The first-order valence-electron chi connectivity index (χ1n) is 9.16. The van der Waals surface area contributed by atoms with Gasteiger partial charge in [-0.25, -0.2) is 0 Å². The molecule has 0 bridgehead atoms. The Hall–Kier alpha value is -1.40. The van der Waals surface area contributed by atoms with Gasteiger partial charge in [0.25, 0.3) is 0 Å². The van der Waals surface area contributed by atoms with Gasteiger partial charge in [-0.1, -0.05) is 5.16 Å². The standard InChI is InChI=1S/C18H29N3O3/c1-13-17(14(2)24-19-13)5-6-18(23)20-10-7-15(8-11-20)21-9-3-4-16(22)12-21/h15-16,22H,3-12H2,1-2H3. The van der Waals surface area contributed by atoms with E-state index in [1.54, 1.807) is 0 Å². The predicted octanol–water partition coefficient (Wildman–Crippen LogP) is 1.67. The predicted molar refractivity (Wildman–Crippen MR) is 90.7 cm³/mol. The van der Waals surface area contributed by atoms with Crippen LogP contribution in [0.3, 0.4) is 0 Å². The summed E-state index contributed by atoms with van der Waals surface area (Å²) in [5.41, 5.74) is 1.96. The summed E-state index contributed by atoms with van der Waals surface area (Å²) in [6.45, 7) is 7.37. The monoisotopic (exact) mass is 335 g/mol. The zero-order valence-electron chi connectivity index (χ0n) is 14.8. The number of β-amino-alcohol motifs (C(OH)–C–C–N with tert-alkyl or cyclic N) is 1. The fraction of sp³-hybridized carbons (Fsp3) is 0.778. The smallest absolute Gasteiger partial charge is 0.222 e. The fourth-order valence-electron chi connectivity index (χ4n) is 4.04. The van der Waals surface area contributed by atoms with Gasteiger partial charge in [-0.15, -0.1) is 0 Å². The van der Waals surface area contributed by atoms with Gasteiger partial charge >= 0.3 is 0 Å². The number of aryl methyl sites for hydroxylation is 2. The third kappa shape index (κ3) is 3.98. The van der Waals surface area contributed by atoms with E-state index in [-0.39, 0.29) is 12.0 Å². The van der Waals surface area contributed by atoms with Crippen LogP contribution in [0.5, 0.6) is 0 Å². The molecule has 0 aliphatic carbocycles. The molecule has 0 spiro atoms. The van der Waals surface area contributed by atoms with Crippen molar-refractivity contribution in [1.29, 1.82) is 0 Å². The van der Waals surface area contributed by atoms with Gasteiger partial charge in [0.15, 0.2) is 0 Å². The largest absolute Gasteiger partial charge is 0.392 e. The number of nitrogens with zero attached hydrogens (tertiary/aromatic N) is 3. The highest BCUT2D eigenvalue weighted by atomic mass is 16.5. The minimum absolute atomic E-state index is 0.173. The number of carbonyl (C=O) groups excluding carboxylic acids is 1. The van der Waals surface area contributed by atoms with Crippen LogP contribution >= 0.6 is 0 Å². The van der Waals surface area contributed by atoms with Crippen molar-refractivity contribution >= 4 is 5.91 Å². The molecule has 1 N–H and O–H groups in total. The van der Waals surface area contributed by atoms with Crippen LogP contribution in [0.2, 0.25) is 0 Å². The summed E-state index contributed by atoms with van der Waals surface area (Å²) >= 11 is 0. The first-order valence-corrected chi connectivity index (χ1v) is 9.16. The summed E-state index contributed by atoms with van der Waals surface area (Å²) in [6.07, 6.45) is 5.10. The molecule has 2 aliphatic heterocycles. The van der Waals surface area contributed by atoms with Gasteiger partial charge in [0.05, 0.1) is 11.8 Å². The van der Waals surface area contributed by atoms with Crippen LogP contribution in [0.25, 0.3) is 0 Å². The average Bonchev–Trinajstić information content (AvgIpc) is 2.91. The quantitative estimate of drug-likeness (QED) is 0.906. The zero-order chi connectivity index (χ0) is 17.1. The van der Waals surface area contributed by atoms with Crippen molar-refractivity contribution in [3.8, 4) is 0 Å². The first kappa shape index (κ1) is 17.4. The highest BCUT2D eigenvalue weighted by molar-refractivity contribution is 5.76. The molecule has 1 aromatic heterocycles. The maximum Gasteiger partial charge on any atom is 0.222 e. The van der Waals surface area contributed by atoms with Crippen molar-refractivity contribution in [3.63, 3.8) is 0 Å². The van der Waals surface area contributed by atoms with E-state index >= 15 is 0 Å². The van der Waals surface area contributed by atoms with E-state index in [9.17, 15) is 9.90 Å². The maximum absolute atomic E-state index is 12.5. The normalized spacial score (nSPS) is 23.6. The van der Waals surface area contributed by atoms with E-state index in [0.717, 1.165) is 68.9 Å². The Bertz CT molecular complexity index is 544. The van der Waals surface area contributed by atoms with Crippen LogP contribution in [-0.2, 0) is 11.2 Å². The van der Waals surface area contributed by atoms with E-state index in [0.29, 0.717) is 18.9 Å². The Morgan fingerprint density at radius 2 is 2.00 bits per heavy atom. The molecule has 2 aliphatic rings. The maximum atomic E-state index is 12.5. The summed E-state index contributed by atoms with van der Waals surface area (Å²) in [4.78, 5) is 16.9. The molecule has 1 atom stereocenters. The van der Waals surface area contributed by atoms with Crippen LogP contribution in [0.1, 0.15) is 49.1 Å². The van der Waals surface area contributed by atoms with Gasteiger partial charge in [-0.3, -0.25) is 9.69 Å². The minimum atomic E-state index is -0.173. The van der Waals surface area contributed by atoms with Gasteiger partial charge in [-0.2, -0.15) is 0 Å². The number of carbonyl (C=O) groups is 1. The molecule has 2 saturated heterocycles. The van der Waals surface area contributed by atoms with Crippen LogP contribution in [-0.4, -0.2) is 64.3 Å². The van der Waals surface area contributed by atoms with Crippen LogP contribution in [0.4, 0.5) is 0 Å².